The second kappa shape index (κ2) is 11.0. The van der Waals surface area contributed by atoms with Crippen molar-refractivity contribution >= 4 is 38.2 Å². The van der Waals surface area contributed by atoms with Crippen LogP contribution in [0.5, 0.6) is 5.88 Å². The van der Waals surface area contributed by atoms with Crippen LogP contribution < -0.4 is 25.2 Å². The number of anilines is 2. The number of hydrogen-bond acceptors (Lipinski definition) is 8. The van der Waals surface area contributed by atoms with Crippen LogP contribution in [0, 0.1) is 5.82 Å². The highest BCUT2D eigenvalue weighted by Gasteiger charge is 2.58. The topological polar surface area (TPSA) is 146 Å². The molecule has 4 heterocycles. The van der Waals surface area contributed by atoms with Gasteiger partial charge in [0, 0.05) is 66.2 Å². The third-order valence-corrected chi connectivity index (χ3v) is 8.90. The monoisotopic (exact) mass is 620 g/mol. The zero-order valence-electron chi connectivity index (χ0n) is 24.8. The number of rotatable bonds is 9. The number of aromatic nitrogens is 3. The van der Waals surface area contributed by atoms with Crippen LogP contribution >= 0.6 is 0 Å². The van der Waals surface area contributed by atoms with Gasteiger partial charge in [-0.05, 0) is 36.5 Å². The number of carbonyl (C=O) groups excluding carboxylic acids is 1. The molecule has 1 aliphatic heterocycles. The number of nitrogens with one attached hydrogen (secondary N) is 3. The summed E-state index contributed by atoms with van der Waals surface area (Å²) in [5.41, 5.74) is 2.38. The van der Waals surface area contributed by atoms with Crippen LogP contribution in [-0.4, -0.2) is 61.8 Å². The summed E-state index contributed by atoms with van der Waals surface area (Å²) >= 11 is 0. The van der Waals surface area contributed by atoms with E-state index in [4.69, 9.17) is 4.74 Å². The Balaban J connectivity index is 1.41. The highest BCUT2D eigenvalue weighted by Crippen LogP contribution is 2.60. The van der Waals surface area contributed by atoms with Crippen LogP contribution in [-0.2, 0) is 20.2 Å². The summed E-state index contributed by atoms with van der Waals surface area (Å²) in [6.07, 6.45) is 6.80. The van der Waals surface area contributed by atoms with Gasteiger partial charge in [-0.1, -0.05) is 19.9 Å². The number of fused-ring (bicyclic) bond motifs is 4. The van der Waals surface area contributed by atoms with Crippen LogP contribution in [0.25, 0.3) is 22.0 Å². The summed E-state index contributed by atoms with van der Waals surface area (Å²) in [6.45, 7) is 4.76. The van der Waals surface area contributed by atoms with Gasteiger partial charge >= 0.3 is 0 Å². The first kappa shape index (κ1) is 29.7. The third kappa shape index (κ3) is 5.30. The maximum atomic E-state index is 15.7. The number of pyridine rings is 3. The minimum atomic E-state index is -3.70. The lowest BCUT2D eigenvalue weighted by molar-refractivity contribution is -0.126. The molecule has 0 bridgehead atoms. The fourth-order valence-corrected chi connectivity index (χ4v) is 6.82. The van der Waals surface area contributed by atoms with E-state index in [9.17, 15) is 18.0 Å². The van der Waals surface area contributed by atoms with Gasteiger partial charge in [0.05, 0.1) is 29.1 Å². The van der Waals surface area contributed by atoms with Gasteiger partial charge in [-0.3, -0.25) is 19.3 Å². The van der Waals surface area contributed by atoms with Crippen molar-refractivity contribution in [1.29, 1.82) is 0 Å². The van der Waals surface area contributed by atoms with E-state index in [2.05, 4.69) is 25.0 Å². The molecule has 1 aromatic carbocycles. The number of carbonyl (C=O) groups is 1. The number of nitrogens with zero attached hydrogens (tertiary/aromatic N) is 3. The molecule has 4 aromatic rings. The molecule has 13 heteroatoms. The number of halogens is 1. The zero-order valence-corrected chi connectivity index (χ0v) is 25.6. The van der Waals surface area contributed by atoms with E-state index < -0.39 is 21.3 Å². The van der Waals surface area contributed by atoms with E-state index in [0.717, 1.165) is 17.4 Å². The van der Waals surface area contributed by atoms with Crippen molar-refractivity contribution in [2.75, 3.05) is 36.1 Å². The molecule has 1 saturated carbocycles. The quantitative estimate of drug-likeness (QED) is 0.240. The molecular formula is C31H33FN6O5S. The van der Waals surface area contributed by atoms with Crippen LogP contribution in [0.15, 0.2) is 53.7 Å². The van der Waals surface area contributed by atoms with Gasteiger partial charge in [0.2, 0.25) is 27.4 Å². The van der Waals surface area contributed by atoms with E-state index >= 15 is 4.39 Å². The Hall–Kier alpha value is -4.36. The van der Waals surface area contributed by atoms with Crippen molar-refractivity contribution < 1.29 is 22.3 Å². The predicted molar refractivity (Wildman–Crippen MR) is 166 cm³/mol. The molecule has 230 valence electrons. The number of aromatic amines is 1. The number of amides is 1. The van der Waals surface area contributed by atoms with Gasteiger partial charge in [0.1, 0.15) is 18.1 Å². The number of benzene rings is 1. The third-order valence-electron chi connectivity index (χ3n) is 8.31. The first-order chi connectivity index (χ1) is 20.9. The number of sulfonamides is 1. The van der Waals surface area contributed by atoms with E-state index in [1.807, 2.05) is 13.8 Å². The maximum absolute atomic E-state index is 15.7. The molecule has 1 fully saturated rings. The summed E-state index contributed by atoms with van der Waals surface area (Å²) in [5, 5.41) is 3.85. The molecule has 1 amide bonds. The van der Waals surface area contributed by atoms with Crippen molar-refractivity contribution in [3.8, 4) is 17.0 Å². The maximum Gasteiger partial charge on any atom is 0.247 e. The van der Waals surface area contributed by atoms with E-state index in [1.54, 1.807) is 36.5 Å². The smallest absolute Gasteiger partial charge is 0.247 e. The average Bonchev–Trinajstić information content (AvgIpc) is 3.17. The summed E-state index contributed by atoms with van der Waals surface area (Å²) in [6, 6.07) is 7.98. The standard InChI is InChI=1S/C31H33FN6O5S/c1-17(2)33-7-8-43-29-25(37-44(4,41)42)9-19(15-36-29)21-10-22-24(11-23(21)32)34-16-26-28(22)31(30(40)38(26)3)12-20(13-31)18-5-6-27(39)35-14-18/h5-6,9-11,14-17,20,33,37H,7-8,12-13H2,1-4H3,(H,35,39)/t20-,31-. The molecule has 0 saturated heterocycles. The van der Waals surface area contributed by atoms with Gasteiger partial charge in [-0.15, -0.1) is 0 Å². The minimum Gasteiger partial charge on any atom is -0.475 e. The first-order valence-electron chi connectivity index (χ1n) is 14.3. The van der Waals surface area contributed by atoms with Crippen molar-refractivity contribution in [3.05, 3.63) is 76.2 Å². The SMILES string of the molecule is CC(C)NCCOc1ncc(-c2cc3c(cc2F)ncc2c3[C@]3(C[C@@H](c4ccc(=O)[nH]c4)C3)C(=O)N2C)cc1NS(C)(=O)=O. The molecule has 1 spiro atoms. The Morgan fingerprint density at radius 3 is 2.61 bits per heavy atom. The minimum absolute atomic E-state index is 0.0527. The summed E-state index contributed by atoms with van der Waals surface area (Å²) in [5.74, 6) is -0.487. The second-order valence-corrected chi connectivity index (χ2v) is 13.6. The Labute approximate surface area is 253 Å². The summed E-state index contributed by atoms with van der Waals surface area (Å²) < 4.78 is 48.2. The van der Waals surface area contributed by atoms with Crippen LogP contribution in [0.1, 0.15) is 43.7 Å². The van der Waals surface area contributed by atoms with E-state index in [1.165, 1.54) is 24.4 Å². The molecule has 1 aliphatic carbocycles. The molecule has 11 nitrogen and oxygen atoms in total. The Bertz CT molecular complexity index is 1930. The van der Waals surface area contributed by atoms with Gasteiger partial charge in [-0.25, -0.2) is 17.8 Å². The number of hydrogen-bond donors (Lipinski definition) is 3. The fourth-order valence-electron chi connectivity index (χ4n) is 6.27. The number of H-pyrrole nitrogens is 1. The average molecular weight is 621 g/mol. The molecule has 44 heavy (non-hydrogen) atoms. The lowest BCUT2D eigenvalue weighted by Gasteiger charge is -2.44. The van der Waals surface area contributed by atoms with Crippen molar-refractivity contribution in [2.24, 2.45) is 0 Å². The Kier molecular flexibility index (Phi) is 7.41. The van der Waals surface area contributed by atoms with Crippen LogP contribution in [0.4, 0.5) is 15.8 Å². The van der Waals surface area contributed by atoms with Crippen molar-refractivity contribution in [2.45, 2.75) is 44.1 Å². The predicted octanol–water partition coefficient (Wildman–Crippen LogP) is 3.66. The van der Waals surface area contributed by atoms with Crippen LogP contribution in [0.2, 0.25) is 0 Å². The zero-order chi connectivity index (χ0) is 31.4. The Morgan fingerprint density at radius 1 is 1.16 bits per heavy atom. The van der Waals surface area contributed by atoms with Crippen molar-refractivity contribution in [1.82, 2.24) is 20.3 Å². The van der Waals surface area contributed by atoms with Gasteiger partial charge in [0.25, 0.3) is 0 Å². The van der Waals surface area contributed by atoms with Crippen LogP contribution in [0.3, 0.4) is 0 Å². The molecule has 3 aromatic heterocycles. The highest BCUT2D eigenvalue weighted by atomic mass is 32.2. The number of likely N-dealkylation sites (N-methyl/N-ethyl adjacent to an activating group) is 1. The molecule has 3 N–H and O–H groups in total. The van der Waals surface area contributed by atoms with Crippen molar-refractivity contribution in [3.63, 3.8) is 0 Å². The summed E-state index contributed by atoms with van der Waals surface area (Å²) in [4.78, 5) is 38.4. The largest absolute Gasteiger partial charge is 0.475 e. The normalized spacial score (nSPS) is 19.5. The molecule has 0 unspecified atom stereocenters. The first-order valence-corrected chi connectivity index (χ1v) is 16.2. The molecular weight excluding hydrogens is 587 g/mol. The fraction of sp³-hybridized carbons (Fsp3) is 0.355. The highest BCUT2D eigenvalue weighted by molar-refractivity contribution is 7.92. The van der Waals surface area contributed by atoms with E-state index in [-0.39, 0.29) is 47.2 Å². The van der Waals surface area contributed by atoms with Gasteiger partial charge in [-0.2, -0.15) is 0 Å². The second-order valence-electron chi connectivity index (χ2n) is 11.8. The Morgan fingerprint density at radius 2 is 1.93 bits per heavy atom. The number of ether oxygens (including phenoxy) is 1. The lowest BCUT2D eigenvalue weighted by atomic mass is 9.57. The molecule has 0 atom stereocenters. The molecule has 2 aliphatic rings. The van der Waals surface area contributed by atoms with E-state index in [0.29, 0.717) is 41.5 Å². The van der Waals surface area contributed by atoms with Gasteiger partial charge in [0.15, 0.2) is 0 Å². The summed E-state index contributed by atoms with van der Waals surface area (Å²) in [7, 11) is -1.99. The molecule has 0 radical (unpaired) electrons. The molecule has 6 rings (SSSR count). The lowest BCUT2D eigenvalue weighted by Crippen LogP contribution is -2.48. The van der Waals surface area contributed by atoms with Gasteiger partial charge < -0.3 is 19.9 Å².